The monoisotopic (exact) mass is 435 g/mol. The Hall–Kier alpha value is -3.12. The largest absolute Gasteiger partial charge is 0.507 e. The zero-order chi connectivity index (χ0) is 23.6. The van der Waals surface area contributed by atoms with E-state index in [1.54, 1.807) is 4.90 Å². The Morgan fingerprint density at radius 2 is 1.66 bits per heavy atom. The minimum atomic E-state index is -0.630. The number of ketones is 1. The van der Waals surface area contributed by atoms with Crippen molar-refractivity contribution in [3.05, 3.63) is 70.3 Å². The Balaban J connectivity index is 2.13. The van der Waals surface area contributed by atoms with E-state index >= 15 is 0 Å². The van der Waals surface area contributed by atoms with Gasteiger partial charge in [-0.2, -0.15) is 0 Å². The van der Waals surface area contributed by atoms with E-state index in [0.717, 1.165) is 35.3 Å². The molecule has 0 spiro atoms. The van der Waals surface area contributed by atoms with Crippen molar-refractivity contribution in [1.82, 2.24) is 9.80 Å². The summed E-state index contributed by atoms with van der Waals surface area (Å²) in [7, 11) is 7.88. The van der Waals surface area contributed by atoms with Gasteiger partial charge in [-0.05, 0) is 70.2 Å². The molecule has 32 heavy (non-hydrogen) atoms. The fourth-order valence-corrected chi connectivity index (χ4v) is 4.11. The van der Waals surface area contributed by atoms with Crippen LogP contribution in [0.3, 0.4) is 0 Å². The summed E-state index contributed by atoms with van der Waals surface area (Å²) < 4.78 is 0. The van der Waals surface area contributed by atoms with Crippen LogP contribution in [0.15, 0.2) is 48.0 Å². The molecule has 1 atom stereocenters. The SMILES string of the molecule is Cc1ccc(C)c(C(O)=C2C(=O)C(=O)N(CCCN(C)C)C2c2ccc(N(C)C)cc2)c1. The summed E-state index contributed by atoms with van der Waals surface area (Å²) in [5, 5.41) is 11.3. The van der Waals surface area contributed by atoms with Crippen LogP contribution in [-0.2, 0) is 9.59 Å². The molecule has 0 bridgehead atoms. The lowest BCUT2D eigenvalue weighted by Gasteiger charge is -2.26. The van der Waals surface area contributed by atoms with Gasteiger partial charge < -0.3 is 19.8 Å². The van der Waals surface area contributed by atoms with E-state index < -0.39 is 17.7 Å². The molecule has 1 saturated heterocycles. The molecule has 1 heterocycles. The molecule has 1 aliphatic heterocycles. The van der Waals surface area contributed by atoms with E-state index in [0.29, 0.717) is 12.1 Å². The van der Waals surface area contributed by atoms with Crippen molar-refractivity contribution in [3.8, 4) is 0 Å². The van der Waals surface area contributed by atoms with Crippen molar-refractivity contribution in [1.29, 1.82) is 0 Å². The second-order valence-electron chi connectivity index (χ2n) is 8.95. The number of Topliss-reactive ketones (excluding diaryl/α,β-unsaturated/α-hetero) is 1. The van der Waals surface area contributed by atoms with Crippen molar-refractivity contribution in [3.63, 3.8) is 0 Å². The molecule has 0 aromatic heterocycles. The van der Waals surface area contributed by atoms with Gasteiger partial charge in [0.25, 0.3) is 11.7 Å². The highest BCUT2D eigenvalue weighted by Gasteiger charge is 2.45. The highest BCUT2D eigenvalue weighted by atomic mass is 16.3. The average Bonchev–Trinajstić information content (AvgIpc) is 2.99. The summed E-state index contributed by atoms with van der Waals surface area (Å²) in [6.45, 7) is 5.06. The predicted molar refractivity (Wildman–Crippen MR) is 129 cm³/mol. The molecule has 0 saturated carbocycles. The molecule has 1 fully saturated rings. The number of aliphatic hydroxyl groups excluding tert-OH is 1. The first-order valence-electron chi connectivity index (χ1n) is 10.9. The van der Waals surface area contributed by atoms with Crippen LogP contribution in [0.1, 0.15) is 34.7 Å². The van der Waals surface area contributed by atoms with Crippen molar-refractivity contribution in [2.24, 2.45) is 0 Å². The molecule has 1 amide bonds. The third-order valence-corrected chi connectivity index (χ3v) is 5.92. The molecular weight excluding hydrogens is 402 g/mol. The van der Waals surface area contributed by atoms with Crippen LogP contribution in [-0.4, -0.2) is 67.9 Å². The Morgan fingerprint density at radius 1 is 1.00 bits per heavy atom. The zero-order valence-electron chi connectivity index (χ0n) is 19.8. The van der Waals surface area contributed by atoms with Crippen LogP contribution in [0.5, 0.6) is 0 Å². The maximum Gasteiger partial charge on any atom is 0.295 e. The van der Waals surface area contributed by atoms with E-state index in [1.165, 1.54) is 0 Å². The molecule has 2 aromatic rings. The van der Waals surface area contributed by atoms with Gasteiger partial charge in [0, 0.05) is 31.9 Å². The quantitative estimate of drug-likeness (QED) is 0.408. The van der Waals surface area contributed by atoms with E-state index in [2.05, 4.69) is 0 Å². The van der Waals surface area contributed by atoms with E-state index in [4.69, 9.17) is 0 Å². The molecule has 1 aliphatic rings. The fourth-order valence-electron chi connectivity index (χ4n) is 4.11. The lowest BCUT2D eigenvalue weighted by atomic mass is 9.93. The van der Waals surface area contributed by atoms with Gasteiger partial charge in [0.2, 0.25) is 0 Å². The molecular formula is C26H33N3O3. The van der Waals surface area contributed by atoms with Gasteiger partial charge in [-0.25, -0.2) is 0 Å². The lowest BCUT2D eigenvalue weighted by molar-refractivity contribution is -0.139. The number of carbonyl (C=O) groups is 2. The summed E-state index contributed by atoms with van der Waals surface area (Å²) in [5.41, 5.74) is 4.41. The Kier molecular flexibility index (Phi) is 7.04. The maximum atomic E-state index is 13.2. The Labute approximate surface area is 190 Å². The normalized spacial score (nSPS) is 18.0. The molecule has 2 aromatic carbocycles. The molecule has 0 radical (unpaired) electrons. The van der Waals surface area contributed by atoms with E-state index in [9.17, 15) is 14.7 Å². The number of hydrogen-bond donors (Lipinski definition) is 1. The number of rotatable bonds is 7. The fraction of sp³-hybridized carbons (Fsp3) is 0.385. The molecule has 1 N–H and O–H groups in total. The summed E-state index contributed by atoms with van der Waals surface area (Å²) >= 11 is 0. The first-order chi connectivity index (χ1) is 15.1. The van der Waals surface area contributed by atoms with Crippen LogP contribution in [0.4, 0.5) is 5.69 Å². The number of aliphatic hydroxyl groups is 1. The number of aryl methyl sites for hydroxylation is 2. The molecule has 6 nitrogen and oxygen atoms in total. The number of nitrogens with zero attached hydrogens (tertiary/aromatic N) is 3. The standard InChI is InChI=1S/C26H33N3O3/c1-17-8-9-18(2)21(16-17)24(30)22-23(19-10-12-20(13-11-19)28(5)6)29(26(32)25(22)31)15-7-14-27(3)4/h8-13,16,23,30H,7,14-15H2,1-6H3. The number of likely N-dealkylation sites (tertiary alicyclic amines) is 1. The third kappa shape index (κ3) is 4.70. The van der Waals surface area contributed by atoms with Crippen LogP contribution in [0, 0.1) is 13.8 Å². The van der Waals surface area contributed by atoms with E-state index in [1.807, 2.05) is 94.3 Å². The first-order valence-corrected chi connectivity index (χ1v) is 10.9. The van der Waals surface area contributed by atoms with Gasteiger partial charge in [0.1, 0.15) is 5.76 Å². The smallest absolute Gasteiger partial charge is 0.295 e. The van der Waals surface area contributed by atoms with Crippen molar-refractivity contribution in [2.75, 3.05) is 46.2 Å². The number of anilines is 1. The van der Waals surface area contributed by atoms with Gasteiger partial charge in [0.15, 0.2) is 0 Å². The average molecular weight is 436 g/mol. The summed E-state index contributed by atoms with van der Waals surface area (Å²) in [4.78, 5) is 31.8. The van der Waals surface area contributed by atoms with Crippen LogP contribution >= 0.6 is 0 Å². The predicted octanol–water partition coefficient (Wildman–Crippen LogP) is 3.74. The third-order valence-electron chi connectivity index (χ3n) is 5.92. The number of amides is 1. The topological polar surface area (TPSA) is 64.1 Å². The van der Waals surface area contributed by atoms with Crippen molar-refractivity contribution < 1.29 is 14.7 Å². The first kappa shape index (κ1) is 23.5. The highest BCUT2D eigenvalue weighted by Crippen LogP contribution is 2.40. The minimum absolute atomic E-state index is 0.110. The molecule has 0 aliphatic carbocycles. The molecule has 3 rings (SSSR count). The molecule has 6 heteroatoms. The van der Waals surface area contributed by atoms with Crippen LogP contribution in [0.25, 0.3) is 5.76 Å². The summed E-state index contributed by atoms with van der Waals surface area (Å²) in [6, 6.07) is 12.9. The van der Waals surface area contributed by atoms with Gasteiger partial charge in [-0.15, -0.1) is 0 Å². The van der Waals surface area contributed by atoms with E-state index in [-0.39, 0.29) is 11.3 Å². The summed E-state index contributed by atoms with van der Waals surface area (Å²) in [5.74, 6) is -1.30. The Bertz CT molecular complexity index is 1040. The summed E-state index contributed by atoms with van der Waals surface area (Å²) in [6.07, 6.45) is 0.732. The highest BCUT2D eigenvalue weighted by molar-refractivity contribution is 6.46. The van der Waals surface area contributed by atoms with Crippen LogP contribution in [0.2, 0.25) is 0 Å². The second kappa shape index (κ2) is 9.57. The van der Waals surface area contributed by atoms with Gasteiger partial charge in [0.05, 0.1) is 11.6 Å². The molecule has 1 unspecified atom stereocenters. The van der Waals surface area contributed by atoms with Crippen LogP contribution < -0.4 is 4.90 Å². The van der Waals surface area contributed by atoms with Crippen molar-refractivity contribution in [2.45, 2.75) is 26.3 Å². The minimum Gasteiger partial charge on any atom is -0.507 e. The molecule has 170 valence electrons. The lowest BCUT2D eigenvalue weighted by Crippen LogP contribution is -2.32. The Morgan fingerprint density at radius 3 is 2.25 bits per heavy atom. The van der Waals surface area contributed by atoms with Gasteiger partial charge in [-0.1, -0.05) is 29.8 Å². The second-order valence-corrected chi connectivity index (χ2v) is 8.95. The number of benzene rings is 2. The zero-order valence-corrected chi connectivity index (χ0v) is 19.8. The maximum absolute atomic E-state index is 13.2. The van der Waals surface area contributed by atoms with Gasteiger partial charge in [-0.3, -0.25) is 9.59 Å². The number of carbonyl (C=O) groups excluding carboxylic acids is 2. The number of hydrogen-bond acceptors (Lipinski definition) is 5. The van der Waals surface area contributed by atoms with Crippen molar-refractivity contribution >= 4 is 23.1 Å². The van der Waals surface area contributed by atoms with Gasteiger partial charge >= 0.3 is 0 Å².